The van der Waals surface area contributed by atoms with Crippen molar-refractivity contribution in [2.75, 3.05) is 26.2 Å². The summed E-state index contributed by atoms with van der Waals surface area (Å²) in [6.45, 7) is 6.14. The fraction of sp³-hybridized carbons (Fsp3) is 0.533. The maximum Gasteiger partial charge on any atom is 0.251 e. The monoisotopic (exact) mass is 342 g/mol. The predicted molar refractivity (Wildman–Crippen MR) is 81.3 cm³/mol. The van der Waals surface area contributed by atoms with Crippen molar-refractivity contribution in [2.24, 2.45) is 5.92 Å². The summed E-state index contributed by atoms with van der Waals surface area (Å²) in [4.78, 5) is 14.4. The van der Waals surface area contributed by atoms with Gasteiger partial charge in [-0.25, -0.2) is 4.39 Å². The molecule has 1 heterocycles. The van der Waals surface area contributed by atoms with Crippen molar-refractivity contribution in [1.29, 1.82) is 0 Å². The Balaban J connectivity index is 1.82. The number of rotatable bonds is 4. The van der Waals surface area contributed by atoms with E-state index in [4.69, 9.17) is 0 Å². The highest BCUT2D eigenvalue weighted by atomic mass is 79.9. The van der Waals surface area contributed by atoms with Gasteiger partial charge in [0, 0.05) is 12.1 Å². The molecule has 1 aliphatic rings. The topological polar surface area (TPSA) is 32.3 Å². The van der Waals surface area contributed by atoms with E-state index in [1.54, 1.807) is 12.1 Å². The molecule has 0 bridgehead atoms. The normalized spacial score (nSPS) is 17.1. The third kappa shape index (κ3) is 4.03. The molecule has 1 N–H and O–H groups in total. The highest BCUT2D eigenvalue weighted by Crippen LogP contribution is 2.18. The molecular formula is C15H20BrFN2O. The Morgan fingerprint density at radius 1 is 1.45 bits per heavy atom. The Hall–Kier alpha value is -0.940. The van der Waals surface area contributed by atoms with Gasteiger partial charge in [-0.2, -0.15) is 0 Å². The van der Waals surface area contributed by atoms with Crippen LogP contribution in [0.25, 0.3) is 0 Å². The second-order valence-electron chi connectivity index (χ2n) is 5.22. The number of halogens is 2. The van der Waals surface area contributed by atoms with E-state index in [9.17, 15) is 9.18 Å². The highest BCUT2D eigenvalue weighted by molar-refractivity contribution is 9.10. The smallest absolute Gasteiger partial charge is 0.251 e. The van der Waals surface area contributed by atoms with Crippen LogP contribution >= 0.6 is 15.9 Å². The first kappa shape index (κ1) is 15.4. The number of hydrogen-bond donors (Lipinski definition) is 1. The van der Waals surface area contributed by atoms with E-state index in [0.29, 0.717) is 22.5 Å². The fourth-order valence-corrected chi connectivity index (χ4v) is 2.73. The number of carbonyl (C=O) groups is 1. The lowest BCUT2D eigenvalue weighted by atomic mass is 9.97. The first-order valence-electron chi connectivity index (χ1n) is 7.05. The molecule has 1 aromatic carbocycles. The molecular weight excluding hydrogens is 323 g/mol. The largest absolute Gasteiger partial charge is 0.352 e. The first-order valence-corrected chi connectivity index (χ1v) is 7.85. The van der Waals surface area contributed by atoms with Crippen LogP contribution < -0.4 is 5.32 Å². The Labute approximate surface area is 127 Å². The number of piperidine rings is 1. The standard InChI is InChI=1S/C15H20BrFN2O/c1-2-19-7-5-11(6-8-19)10-18-15(20)12-3-4-13(16)14(17)9-12/h3-4,9,11H,2,5-8,10H2,1H3,(H,18,20). The molecule has 1 saturated heterocycles. The molecule has 1 aliphatic heterocycles. The van der Waals surface area contributed by atoms with Gasteiger partial charge in [0.2, 0.25) is 0 Å². The molecule has 1 aromatic rings. The van der Waals surface area contributed by atoms with E-state index in [2.05, 4.69) is 33.1 Å². The minimum Gasteiger partial charge on any atom is -0.352 e. The van der Waals surface area contributed by atoms with Crippen LogP contribution in [0.4, 0.5) is 4.39 Å². The van der Waals surface area contributed by atoms with Gasteiger partial charge in [-0.05, 0) is 72.5 Å². The van der Waals surface area contributed by atoms with E-state index < -0.39 is 5.82 Å². The molecule has 2 rings (SSSR count). The van der Waals surface area contributed by atoms with E-state index in [-0.39, 0.29) is 5.91 Å². The van der Waals surface area contributed by atoms with E-state index in [0.717, 1.165) is 32.5 Å². The predicted octanol–water partition coefficient (Wildman–Crippen LogP) is 3.05. The van der Waals surface area contributed by atoms with Crippen molar-refractivity contribution < 1.29 is 9.18 Å². The fourth-order valence-electron chi connectivity index (χ4n) is 2.48. The van der Waals surface area contributed by atoms with Crippen LogP contribution in [0.1, 0.15) is 30.1 Å². The number of carbonyl (C=O) groups excluding carboxylic acids is 1. The molecule has 3 nitrogen and oxygen atoms in total. The summed E-state index contributed by atoms with van der Waals surface area (Å²) in [6, 6.07) is 4.45. The molecule has 0 spiro atoms. The molecule has 0 unspecified atom stereocenters. The van der Waals surface area contributed by atoms with E-state index in [1.165, 1.54) is 6.07 Å². The summed E-state index contributed by atoms with van der Waals surface area (Å²) >= 11 is 3.08. The van der Waals surface area contributed by atoms with Crippen LogP contribution in [-0.4, -0.2) is 37.0 Å². The molecule has 5 heteroatoms. The maximum absolute atomic E-state index is 13.4. The van der Waals surface area contributed by atoms with Gasteiger partial charge in [-0.3, -0.25) is 4.79 Å². The second kappa shape index (κ2) is 7.18. The summed E-state index contributed by atoms with van der Waals surface area (Å²) in [5, 5.41) is 2.91. The van der Waals surface area contributed by atoms with Crippen molar-refractivity contribution in [3.63, 3.8) is 0 Å². The van der Waals surface area contributed by atoms with Crippen LogP contribution in [0, 0.1) is 11.7 Å². The molecule has 0 radical (unpaired) electrons. The molecule has 1 amide bonds. The molecule has 0 atom stereocenters. The Morgan fingerprint density at radius 3 is 2.75 bits per heavy atom. The van der Waals surface area contributed by atoms with Gasteiger partial charge in [0.05, 0.1) is 4.47 Å². The van der Waals surface area contributed by atoms with Gasteiger partial charge >= 0.3 is 0 Å². The third-order valence-corrected chi connectivity index (χ3v) is 4.53. The van der Waals surface area contributed by atoms with Crippen LogP contribution in [0.5, 0.6) is 0 Å². The number of likely N-dealkylation sites (tertiary alicyclic amines) is 1. The first-order chi connectivity index (χ1) is 9.60. The van der Waals surface area contributed by atoms with Crippen molar-refractivity contribution in [3.8, 4) is 0 Å². The molecule has 1 fully saturated rings. The Bertz CT molecular complexity index is 473. The van der Waals surface area contributed by atoms with Crippen LogP contribution in [-0.2, 0) is 0 Å². The summed E-state index contributed by atoms with van der Waals surface area (Å²) < 4.78 is 13.8. The highest BCUT2D eigenvalue weighted by Gasteiger charge is 2.19. The van der Waals surface area contributed by atoms with Crippen molar-refractivity contribution in [3.05, 3.63) is 34.1 Å². The molecule has 110 valence electrons. The van der Waals surface area contributed by atoms with Crippen LogP contribution in [0.3, 0.4) is 0 Å². The van der Waals surface area contributed by atoms with Gasteiger partial charge in [0.15, 0.2) is 0 Å². The average Bonchev–Trinajstić information content (AvgIpc) is 2.48. The third-order valence-electron chi connectivity index (χ3n) is 3.89. The number of hydrogen-bond acceptors (Lipinski definition) is 2. The van der Waals surface area contributed by atoms with Crippen molar-refractivity contribution in [2.45, 2.75) is 19.8 Å². The van der Waals surface area contributed by atoms with Gasteiger partial charge < -0.3 is 10.2 Å². The van der Waals surface area contributed by atoms with E-state index >= 15 is 0 Å². The lowest BCUT2D eigenvalue weighted by Gasteiger charge is -2.31. The summed E-state index contributed by atoms with van der Waals surface area (Å²) in [5.41, 5.74) is 0.372. The minimum absolute atomic E-state index is 0.200. The molecule has 0 aromatic heterocycles. The average molecular weight is 343 g/mol. The number of nitrogens with zero attached hydrogens (tertiary/aromatic N) is 1. The van der Waals surface area contributed by atoms with Gasteiger partial charge in [0.1, 0.15) is 5.82 Å². The SMILES string of the molecule is CCN1CCC(CNC(=O)c2ccc(Br)c(F)c2)CC1. The van der Waals surface area contributed by atoms with Gasteiger partial charge in [0.25, 0.3) is 5.91 Å². The van der Waals surface area contributed by atoms with Crippen LogP contribution in [0.15, 0.2) is 22.7 Å². The zero-order valence-corrected chi connectivity index (χ0v) is 13.2. The van der Waals surface area contributed by atoms with Gasteiger partial charge in [-0.1, -0.05) is 6.92 Å². The number of amides is 1. The second-order valence-corrected chi connectivity index (χ2v) is 6.07. The Kier molecular flexibility index (Phi) is 5.54. The lowest BCUT2D eigenvalue weighted by Crippen LogP contribution is -2.38. The maximum atomic E-state index is 13.4. The molecule has 0 aliphatic carbocycles. The van der Waals surface area contributed by atoms with E-state index in [1.807, 2.05) is 0 Å². The van der Waals surface area contributed by atoms with Crippen molar-refractivity contribution >= 4 is 21.8 Å². The minimum atomic E-state index is -0.408. The zero-order chi connectivity index (χ0) is 14.5. The van der Waals surface area contributed by atoms with Crippen molar-refractivity contribution in [1.82, 2.24) is 10.2 Å². The molecule has 0 saturated carbocycles. The lowest BCUT2D eigenvalue weighted by molar-refractivity contribution is 0.0936. The van der Waals surface area contributed by atoms with Gasteiger partial charge in [-0.15, -0.1) is 0 Å². The summed E-state index contributed by atoms with van der Waals surface area (Å²) in [7, 11) is 0. The molecule has 20 heavy (non-hydrogen) atoms. The summed E-state index contributed by atoms with van der Waals surface area (Å²) in [6.07, 6.45) is 2.23. The number of benzene rings is 1. The van der Waals surface area contributed by atoms with Crippen LogP contribution in [0.2, 0.25) is 0 Å². The zero-order valence-electron chi connectivity index (χ0n) is 11.7. The number of nitrogens with one attached hydrogen (secondary N) is 1. The summed E-state index contributed by atoms with van der Waals surface area (Å²) in [5.74, 6) is -0.0785. The Morgan fingerprint density at radius 2 is 2.15 bits per heavy atom. The quantitative estimate of drug-likeness (QED) is 0.911.